The summed E-state index contributed by atoms with van der Waals surface area (Å²) in [6.45, 7) is 0.766. The maximum absolute atomic E-state index is 13.8. The van der Waals surface area contributed by atoms with E-state index in [0.29, 0.717) is 25.6 Å². The summed E-state index contributed by atoms with van der Waals surface area (Å²) in [6.07, 6.45) is 1.81. The molecule has 2 amide bonds. The summed E-state index contributed by atoms with van der Waals surface area (Å²) in [4.78, 5) is 37.7. The van der Waals surface area contributed by atoms with Crippen LogP contribution in [0.1, 0.15) is 32.8 Å². The number of hydrogen-bond acceptors (Lipinski definition) is 6. The number of hydrazine groups is 1. The molecule has 11 heteroatoms. The number of aromatic nitrogens is 1. The van der Waals surface area contributed by atoms with Crippen molar-refractivity contribution in [1.29, 1.82) is 0 Å². The molecule has 0 aliphatic carbocycles. The van der Waals surface area contributed by atoms with Gasteiger partial charge in [-0.15, -0.1) is 0 Å². The van der Waals surface area contributed by atoms with Crippen molar-refractivity contribution in [1.82, 2.24) is 19.9 Å². The lowest BCUT2D eigenvalue weighted by Crippen LogP contribution is -2.51. The van der Waals surface area contributed by atoms with Gasteiger partial charge in [0.25, 0.3) is 11.8 Å². The van der Waals surface area contributed by atoms with Crippen LogP contribution in [-0.4, -0.2) is 58.8 Å². The lowest BCUT2D eigenvalue weighted by Gasteiger charge is -2.38. The van der Waals surface area contributed by atoms with Gasteiger partial charge in [0, 0.05) is 51.7 Å². The molecule has 31 heavy (non-hydrogen) atoms. The van der Waals surface area contributed by atoms with Crippen molar-refractivity contribution in [3.63, 3.8) is 0 Å². The van der Waals surface area contributed by atoms with Crippen molar-refractivity contribution in [2.75, 3.05) is 27.3 Å². The number of nitrogens with zero attached hydrogens (tertiary/aromatic N) is 3. The van der Waals surface area contributed by atoms with Crippen LogP contribution in [-0.2, 0) is 18.0 Å². The highest BCUT2D eigenvalue weighted by Gasteiger charge is 2.33. The van der Waals surface area contributed by atoms with Crippen LogP contribution in [0.3, 0.4) is 0 Å². The van der Waals surface area contributed by atoms with Crippen molar-refractivity contribution >= 4 is 11.8 Å². The lowest BCUT2D eigenvalue weighted by atomic mass is 10.1. The smallest absolute Gasteiger partial charge is 0.288 e. The molecule has 1 aliphatic heterocycles. The second-order valence-electron chi connectivity index (χ2n) is 7.00. The van der Waals surface area contributed by atoms with Gasteiger partial charge in [0.15, 0.2) is 11.4 Å². The van der Waals surface area contributed by atoms with Crippen LogP contribution in [0.2, 0.25) is 0 Å². The Morgan fingerprint density at radius 2 is 2.03 bits per heavy atom. The molecule has 0 atom stereocenters. The molecule has 166 valence electrons. The molecule has 2 N–H and O–H groups in total. The molecule has 0 bridgehead atoms. The van der Waals surface area contributed by atoms with Gasteiger partial charge in [-0.25, -0.2) is 8.78 Å². The first-order valence-corrected chi connectivity index (χ1v) is 9.45. The fourth-order valence-corrected chi connectivity index (χ4v) is 3.25. The second kappa shape index (κ2) is 9.23. The Morgan fingerprint density at radius 1 is 1.29 bits per heavy atom. The maximum atomic E-state index is 13.8. The Labute approximate surface area is 176 Å². The minimum absolute atomic E-state index is 0.0261. The van der Waals surface area contributed by atoms with Crippen LogP contribution in [0, 0.1) is 11.6 Å². The third kappa shape index (κ3) is 4.57. The van der Waals surface area contributed by atoms with Crippen molar-refractivity contribution < 1.29 is 28.2 Å². The van der Waals surface area contributed by atoms with Crippen LogP contribution in [0.25, 0.3) is 0 Å². The number of amides is 2. The highest BCUT2D eigenvalue weighted by atomic mass is 19.1. The van der Waals surface area contributed by atoms with Gasteiger partial charge in [0.05, 0.1) is 6.67 Å². The molecule has 0 radical (unpaired) electrons. The van der Waals surface area contributed by atoms with Crippen LogP contribution in [0.5, 0.6) is 5.75 Å². The van der Waals surface area contributed by atoms with E-state index in [1.54, 1.807) is 12.1 Å². The maximum Gasteiger partial charge on any atom is 0.288 e. The normalized spacial score (nSPS) is 13.9. The summed E-state index contributed by atoms with van der Waals surface area (Å²) < 4.78 is 33.1. The largest absolute Gasteiger partial charge is 0.503 e. The SMILES string of the molecule is COCCCN1Cn2cc(C(=O)NCc3ccc(F)cc3F)c(=O)c(O)c2C(=O)N1C. The molecular weight excluding hydrogens is 414 g/mol. The van der Waals surface area contributed by atoms with Gasteiger partial charge < -0.3 is 19.7 Å². The fourth-order valence-electron chi connectivity index (χ4n) is 3.25. The van der Waals surface area contributed by atoms with Crippen molar-refractivity contribution in [2.45, 2.75) is 19.6 Å². The first-order valence-electron chi connectivity index (χ1n) is 9.45. The Balaban J connectivity index is 1.85. The third-order valence-electron chi connectivity index (χ3n) is 4.96. The molecule has 3 rings (SSSR count). The average molecular weight is 436 g/mol. The zero-order valence-corrected chi connectivity index (χ0v) is 17.0. The molecule has 1 aromatic carbocycles. The molecule has 0 unspecified atom stereocenters. The Morgan fingerprint density at radius 3 is 2.71 bits per heavy atom. The van der Waals surface area contributed by atoms with Gasteiger partial charge in [-0.2, -0.15) is 5.01 Å². The molecule has 2 heterocycles. The zero-order valence-electron chi connectivity index (χ0n) is 17.0. The summed E-state index contributed by atoms with van der Waals surface area (Å²) in [5, 5.41) is 15.7. The molecule has 2 aromatic rings. The van der Waals surface area contributed by atoms with Crippen LogP contribution in [0.4, 0.5) is 8.78 Å². The van der Waals surface area contributed by atoms with E-state index >= 15 is 0 Å². The minimum Gasteiger partial charge on any atom is -0.503 e. The number of rotatable bonds is 7. The van der Waals surface area contributed by atoms with E-state index in [1.165, 1.54) is 28.9 Å². The predicted octanol–water partition coefficient (Wildman–Crippen LogP) is 1.06. The number of carbonyl (C=O) groups is 2. The van der Waals surface area contributed by atoms with Crippen molar-refractivity contribution in [2.24, 2.45) is 0 Å². The molecular formula is C20H22F2N4O5. The van der Waals surface area contributed by atoms with Crippen molar-refractivity contribution in [3.05, 3.63) is 63.1 Å². The van der Waals surface area contributed by atoms with Gasteiger partial charge in [-0.3, -0.25) is 19.4 Å². The van der Waals surface area contributed by atoms with E-state index in [9.17, 15) is 28.3 Å². The van der Waals surface area contributed by atoms with E-state index < -0.39 is 40.2 Å². The standard InChI is InChI=1S/C20H22F2N4O5/c1-24-20(30)16-18(28)17(27)14(10-25(16)11-26(24)6-3-7-31-2)19(29)23-9-12-4-5-13(21)8-15(12)22/h4-5,8,10,28H,3,6-7,9,11H2,1-2H3,(H,23,29). The summed E-state index contributed by atoms with van der Waals surface area (Å²) in [5.41, 5.74) is -1.62. The highest BCUT2D eigenvalue weighted by Crippen LogP contribution is 2.22. The third-order valence-corrected chi connectivity index (χ3v) is 4.96. The first kappa shape index (κ1) is 22.4. The van der Waals surface area contributed by atoms with Gasteiger partial charge in [-0.05, 0) is 12.5 Å². The quantitative estimate of drug-likeness (QED) is 0.629. The van der Waals surface area contributed by atoms with Gasteiger partial charge in [0.1, 0.15) is 17.2 Å². The highest BCUT2D eigenvalue weighted by molar-refractivity contribution is 5.98. The van der Waals surface area contributed by atoms with Crippen molar-refractivity contribution in [3.8, 4) is 5.75 Å². The number of aromatic hydroxyl groups is 1. The fraction of sp³-hybridized carbons (Fsp3) is 0.350. The molecule has 1 aliphatic rings. The summed E-state index contributed by atoms with van der Waals surface area (Å²) in [7, 11) is 3.08. The summed E-state index contributed by atoms with van der Waals surface area (Å²) in [5.74, 6) is -3.90. The van der Waals surface area contributed by atoms with Crippen LogP contribution < -0.4 is 10.7 Å². The number of pyridine rings is 1. The zero-order chi connectivity index (χ0) is 22.7. The van der Waals surface area contributed by atoms with Gasteiger partial charge in [-0.1, -0.05) is 6.07 Å². The number of carbonyl (C=O) groups excluding carboxylic acids is 2. The monoisotopic (exact) mass is 436 g/mol. The average Bonchev–Trinajstić information content (AvgIpc) is 2.73. The van der Waals surface area contributed by atoms with E-state index in [-0.39, 0.29) is 24.5 Å². The number of fused-ring (bicyclic) bond motifs is 1. The molecule has 0 spiro atoms. The van der Waals surface area contributed by atoms with E-state index in [0.717, 1.165) is 6.07 Å². The minimum atomic E-state index is -1.02. The lowest BCUT2D eigenvalue weighted by molar-refractivity contribution is -0.0321. The topological polar surface area (TPSA) is 104 Å². The molecule has 9 nitrogen and oxygen atoms in total. The first-order chi connectivity index (χ1) is 14.7. The number of nitrogens with one attached hydrogen (secondary N) is 1. The molecule has 1 aromatic heterocycles. The molecule has 0 fully saturated rings. The van der Waals surface area contributed by atoms with E-state index in [2.05, 4.69) is 5.32 Å². The molecule has 0 saturated heterocycles. The van der Waals surface area contributed by atoms with Gasteiger partial charge >= 0.3 is 0 Å². The second-order valence-corrected chi connectivity index (χ2v) is 7.00. The Bertz CT molecular complexity index is 1070. The van der Waals surface area contributed by atoms with E-state index in [4.69, 9.17) is 4.74 Å². The Kier molecular flexibility index (Phi) is 6.66. The number of hydrogen-bond donors (Lipinski definition) is 2. The number of halogens is 2. The number of ether oxygens (including phenoxy) is 1. The summed E-state index contributed by atoms with van der Waals surface area (Å²) in [6, 6.07) is 2.90. The van der Waals surface area contributed by atoms with Crippen LogP contribution in [0.15, 0.2) is 29.2 Å². The van der Waals surface area contributed by atoms with Crippen LogP contribution >= 0.6 is 0 Å². The predicted molar refractivity (Wildman–Crippen MR) is 105 cm³/mol. The molecule has 0 saturated carbocycles. The number of methoxy groups -OCH3 is 1. The Hall–Kier alpha value is -3.31. The van der Waals surface area contributed by atoms with Gasteiger partial charge in [0.2, 0.25) is 5.43 Å². The van der Waals surface area contributed by atoms with E-state index in [1.807, 2.05) is 0 Å². The number of benzene rings is 1. The summed E-state index contributed by atoms with van der Waals surface area (Å²) >= 11 is 0.